The summed E-state index contributed by atoms with van der Waals surface area (Å²) in [5.74, 6) is 1.92. The molecule has 18 heavy (non-hydrogen) atoms. The molecule has 0 unspecified atom stereocenters. The fourth-order valence-electron chi connectivity index (χ4n) is 1.35. The molecule has 94 valence electrons. The van der Waals surface area contributed by atoms with E-state index in [1.54, 1.807) is 24.5 Å². The zero-order chi connectivity index (χ0) is 12.8. The number of hydrogen-bond donors (Lipinski definition) is 3. The van der Waals surface area contributed by atoms with Crippen LogP contribution in [0.3, 0.4) is 0 Å². The van der Waals surface area contributed by atoms with E-state index in [0.717, 1.165) is 13.0 Å². The van der Waals surface area contributed by atoms with E-state index in [-0.39, 0.29) is 5.95 Å². The van der Waals surface area contributed by atoms with E-state index in [1.165, 1.54) is 0 Å². The molecule has 0 saturated heterocycles. The second-order valence-corrected chi connectivity index (χ2v) is 3.62. The zero-order valence-electron chi connectivity index (χ0n) is 10.1. The van der Waals surface area contributed by atoms with Gasteiger partial charge in [-0.05, 0) is 12.5 Å². The molecule has 7 heteroatoms. The van der Waals surface area contributed by atoms with Gasteiger partial charge in [0, 0.05) is 25.0 Å². The largest absolute Gasteiger partial charge is 0.370 e. The summed E-state index contributed by atoms with van der Waals surface area (Å²) in [4.78, 5) is 16.3. The standard InChI is InChI=1S/C11H15N7/c1-2-4-13-8-7-9(17-10(12)16-8)18-11-14-5-3-6-15-11/h3,5-7H,2,4H2,1H3,(H4,12,13,14,15,16,17,18). The van der Waals surface area contributed by atoms with E-state index in [2.05, 4.69) is 37.5 Å². The van der Waals surface area contributed by atoms with E-state index < -0.39 is 0 Å². The Morgan fingerprint density at radius 2 is 1.89 bits per heavy atom. The molecule has 2 rings (SSSR count). The highest BCUT2D eigenvalue weighted by atomic mass is 15.2. The molecular weight excluding hydrogens is 230 g/mol. The van der Waals surface area contributed by atoms with Gasteiger partial charge >= 0.3 is 0 Å². The summed E-state index contributed by atoms with van der Waals surface area (Å²) in [5.41, 5.74) is 5.64. The number of rotatable bonds is 5. The molecule has 2 aromatic heterocycles. The molecule has 2 aromatic rings. The molecular formula is C11H15N7. The Kier molecular flexibility index (Phi) is 3.85. The lowest BCUT2D eigenvalue weighted by Gasteiger charge is -2.08. The van der Waals surface area contributed by atoms with Crippen LogP contribution >= 0.6 is 0 Å². The van der Waals surface area contributed by atoms with E-state index in [4.69, 9.17) is 5.73 Å². The Morgan fingerprint density at radius 3 is 2.61 bits per heavy atom. The van der Waals surface area contributed by atoms with Gasteiger partial charge in [0.1, 0.15) is 11.6 Å². The molecule has 0 aliphatic carbocycles. The third kappa shape index (κ3) is 3.27. The van der Waals surface area contributed by atoms with Crippen molar-refractivity contribution in [1.29, 1.82) is 0 Å². The summed E-state index contributed by atoms with van der Waals surface area (Å²) in [6.45, 7) is 2.91. The fraction of sp³-hybridized carbons (Fsp3) is 0.273. The van der Waals surface area contributed by atoms with Crippen LogP contribution in [0, 0.1) is 0 Å². The minimum Gasteiger partial charge on any atom is -0.370 e. The predicted octanol–water partition coefficient (Wildman–Crippen LogP) is 1.41. The van der Waals surface area contributed by atoms with E-state index in [1.807, 2.05) is 0 Å². The van der Waals surface area contributed by atoms with Crippen molar-refractivity contribution in [1.82, 2.24) is 19.9 Å². The van der Waals surface area contributed by atoms with Crippen LogP contribution in [0.4, 0.5) is 23.5 Å². The third-order valence-corrected chi connectivity index (χ3v) is 2.11. The van der Waals surface area contributed by atoms with Gasteiger partial charge in [-0.25, -0.2) is 9.97 Å². The highest BCUT2D eigenvalue weighted by Crippen LogP contribution is 2.15. The van der Waals surface area contributed by atoms with Crippen molar-refractivity contribution in [3.8, 4) is 0 Å². The summed E-state index contributed by atoms with van der Waals surface area (Å²) in [7, 11) is 0. The van der Waals surface area contributed by atoms with Crippen LogP contribution in [0.15, 0.2) is 24.5 Å². The molecule has 0 amide bonds. The van der Waals surface area contributed by atoms with E-state index in [0.29, 0.717) is 17.6 Å². The summed E-state index contributed by atoms with van der Waals surface area (Å²) in [5, 5.41) is 6.12. The molecule has 0 bridgehead atoms. The topological polar surface area (TPSA) is 102 Å². The Bertz CT molecular complexity index is 500. The first-order valence-electron chi connectivity index (χ1n) is 5.70. The number of anilines is 4. The summed E-state index contributed by atoms with van der Waals surface area (Å²) < 4.78 is 0. The van der Waals surface area contributed by atoms with Gasteiger partial charge < -0.3 is 16.4 Å². The minimum absolute atomic E-state index is 0.203. The van der Waals surface area contributed by atoms with Gasteiger partial charge in [-0.1, -0.05) is 6.92 Å². The van der Waals surface area contributed by atoms with Crippen LogP contribution in [-0.2, 0) is 0 Å². The average molecular weight is 245 g/mol. The summed E-state index contributed by atoms with van der Waals surface area (Å²) >= 11 is 0. The Balaban J connectivity index is 2.15. The van der Waals surface area contributed by atoms with Gasteiger partial charge in [0.15, 0.2) is 0 Å². The van der Waals surface area contributed by atoms with Crippen molar-refractivity contribution < 1.29 is 0 Å². The van der Waals surface area contributed by atoms with Gasteiger partial charge in [0.2, 0.25) is 11.9 Å². The average Bonchev–Trinajstić information content (AvgIpc) is 2.37. The van der Waals surface area contributed by atoms with Crippen molar-refractivity contribution in [3.63, 3.8) is 0 Å². The van der Waals surface area contributed by atoms with Gasteiger partial charge in [-0.2, -0.15) is 9.97 Å². The molecule has 4 N–H and O–H groups in total. The van der Waals surface area contributed by atoms with Gasteiger partial charge in [-0.3, -0.25) is 0 Å². The van der Waals surface area contributed by atoms with Gasteiger partial charge in [0.25, 0.3) is 0 Å². The molecule has 0 aromatic carbocycles. The lowest BCUT2D eigenvalue weighted by molar-refractivity contribution is 0.966. The number of nitrogens with two attached hydrogens (primary N) is 1. The van der Waals surface area contributed by atoms with Crippen LogP contribution in [0.25, 0.3) is 0 Å². The highest BCUT2D eigenvalue weighted by molar-refractivity contribution is 5.55. The maximum atomic E-state index is 5.64. The van der Waals surface area contributed by atoms with Crippen molar-refractivity contribution in [2.24, 2.45) is 0 Å². The number of nitrogens with zero attached hydrogens (tertiary/aromatic N) is 4. The molecule has 0 spiro atoms. The Morgan fingerprint density at radius 1 is 1.17 bits per heavy atom. The van der Waals surface area contributed by atoms with Crippen LogP contribution < -0.4 is 16.4 Å². The Hall–Kier alpha value is -2.44. The lowest BCUT2D eigenvalue weighted by Crippen LogP contribution is -2.07. The lowest BCUT2D eigenvalue weighted by atomic mass is 10.4. The Labute approximate surface area is 105 Å². The molecule has 0 fully saturated rings. The second-order valence-electron chi connectivity index (χ2n) is 3.62. The van der Waals surface area contributed by atoms with Crippen molar-refractivity contribution in [2.75, 3.05) is 22.9 Å². The number of aromatic nitrogens is 4. The molecule has 0 atom stereocenters. The van der Waals surface area contributed by atoms with Crippen molar-refractivity contribution in [3.05, 3.63) is 24.5 Å². The third-order valence-electron chi connectivity index (χ3n) is 2.11. The van der Waals surface area contributed by atoms with Crippen LogP contribution in [-0.4, -0.2) is 26.5 Å². The normalized spacial score (nSPS) is 10.1. The highest BCUT2D eigenvalue weighted by Gasteiger charge is 2.03. The smallest absolute Gasteiger partial charge is 0.228 e. The maximum absolute atomic E-state index is 5.64. The molecule has 7 nitrogen and oxygen atoms in total. The summed E-state index contributed by atoms with van der Waals surface area (Å²) in [6, 6.07) is 3.51. The minimum atomic E-state index is 0.203. The first-order chi connectivity index (χ1) is 8.78. The van der Waals surface area contributed by atoms with Crippen LogP contribution in [0.2, 0.25) is 0 Å². The summed E-state index contributed by atoms with van der Waals surface area (Å²) in [6.07, 6.45) is 4.31. The van der Waals surface area contributed by atoms with Gasteiger partial charge in [-0.15, -0.1) is 0 Å². The SMILES string of the molecule is CCCNc1cc(Nc2ncccn2)nc(N)n1. The molecule has 0 aliphatic rings. The van der Waals surface area contributed by atoms with Crippen LogP contribution in [0.5, 0.6) is 0 Å². The molecule has 0 radical (unpaired) electrons. The first kappa shape index (κ1) is 12.0. The molecule has 0 aliphatic heterocycles. The zero-order valence-corrected chi connectivity index (χ0v) is 10.1. The molecule has 0 saturated carbocycles. The first-order valence-corrected chi connectivity index (χ1v) is 5.70. The van der Waals surface area contributed by atoms with Gasteiger partial charge in [0.05, 0.1) is 0 Å². The number of nitrogens with one attached hydrogen (secondary N) is 2. The maximum Gasteiger partial charge on any atom is 0.228 e. The number of hydrogen-bond acceptors (Lipinski definition) is 7. The van der Waals surface area contributed by atoms with Crippen molar-refractivity contribution >= 4 is 23.5 Å². The van der Waals surface area contributed by atoms with E-state index in [9.17, 15) is 0 Å². The number of nitrogen functional groups attached to an aromatic ring is 1. The van der Waals surface area contributed by atoms with E-state index >= 15 is 0 Å². The predicted molar refractivity (Wildman–Crippen MR) is 70.5 cm³/mol. The second kappa shape index (κ2) is 5.76. The monoisotopic (exact) mass is 245 g/mol. The fourth-order valence-corrected chi connectivity index (χ4v) is 1.35. The van der Waals surface area contributed by atoms with Crippen LogP contribution in [0.1, 0.15) is 13.3 Å². The molecule has 2 heterocycles. The quantitative estimate of drug-likeness (QED) is 0.732. The van der Waals surface area contributed by atoms with Crippen molar-refractivity contribution in [2.45, 2.75) is 13.3 Å².